The van der Waals surface area contributed by atoms with Gasteiger partial charge in [-0.25, -0.2) is 4.39 Å². The number of allylic oxidation sites excluding steroid dienone is 5. The van der Waals surface area contributed by atoms with Crippen molar-refractivity contribution in [2.24, 2.45) is 10.7 Å². The van der Waals surface area contributed by atoms with Gasteiger partial charge in [0.05, 0.1) is 12.8 Å². The number of nitrogens with one attached hydrogen (secondary N) is 1. The third-order valence-corrected chi connectivity index (χ3v) is 5.34. The van der Waals surface area contributed by atoms with Crippen LogP contribution in [0.4, 0.5) is 10.1 Å². The summed E-state index contributed by atoms with van der Waals surface area (Å²) in [6.07, 6.45) is 6.81. The molecule has 0 amide bonds. The van der Waals surface area contributed by atoms with Crippen LogP contribution in [0.5, 0.6) is 5.75 Å². The number of anilines is 1. The van der Waals surface area contributed by atoms with Gasteiger partial charge in [0.25, 0.3) is 0 Å². The molecular weight excluding hydrogens is 405 g/mol. The number of hydrogen-bond donors (Lipinski definition) is 2. The Bertz CT molecular complexity index is 1090. The Morgan fingerprint density at radius 1 is 1.25 bits per heavy atom. The summed E-state index contributed by atoms with van der Waals surface area (Å²) in [4.78, 5) is 17.7. The molecule has 5 nitrogen and oxygen atoms in total. The maximum atomic E-state index is 15.3. The number of methoxy groups -OCH3 is 1. The first kappa shape index (κ1) is 23.0. The predicted molar refractivity (Wildman–Crippen MR) is 128 cm³/mol. The molecule has 0 bridgehead atoms. The minimum Gasteiger partial charge on any atom is -0.497 e. The number of ketones is 1. The molecule has 2 aromatic carbocycles. The molecule has 0 heterocycles. The Kier molecular flexibility index (Phi) is 7.25. The highest BCUT2D eigenvalue weighted by atomic mass is 19.1. The van der Waals surface area contributed by atoms with Crippen LogP contribution in [0.3, 0.4) is 0 Å². The van der Waals surface area contributed by atoms with E-state index in [0.29, 0.717) is 22.6 Å². The molecule has 32 heavy (non-hydrogen) atoms. The number of halogens is 1. The number of benzene rings is 2. The fourth-order valence-electron chi connectivity index (χ4n) is 3.63. The van der Waals surface area contributed by atoms with Gasteiger partial charge in [0.2, 0.25) is 5.78 Å². The zero-order chi connectivity index (χ0) is 23.1. The van der Waals surface area contributed by atoms with Gasteiger partial charge in [0, 0.05) is 37.0 Å². The molecule has 0 radical (unpaired) electrons. The summed E-state index contributed by atoms with van der Waals surface area (Å²) in [5, 5.41) is 3.26. The van der Waals surface area contributed by atoms with E-state index in [4.69, 9.17) is 10.5 Å². The number of carbonyl (C=O) groups is 1. The highest BCUT2D eigenvalue weighted by molar-refractivity contribution is 6.07. The van der Waals surface area contributed by atoms with Crippen molar-refractivity contribution in [3.8, 4) is 5.75 Å². The molecule has 1 aliphatic carbocycles. The molecule has 0 spiro atoms. The number of nitrogens with two attached hydrogens (primary N) is 1. The van der Waals surface area contributed by atoms with Crippen molar-refractivity contribution in [3.05, 3.63) is 95.2 Å². The van der Waals surface area contributed by atoms with Crippen LogP contribution in [0.1, 0.15) is 24.9 Å². The second-order valence-electron chi connectivity index (χ2n) is 7.71. The van der Waals surface area contributed by atoms with E-state index in [0.717, 1.165) is 5.56 Å². The molecule has 0 aliphatic heterocycles. The van der Waals surface area contributed by atoms with Gasteiger partial charge in [-0.1, -0.05) is 54.6 Å². The van der Waals surface area contributed by atoms with E-state index in [2.05, 4.69) is 10.3 Å². The van der Waals surface area contributed by atoms with Gasteiger partial charge >= 0.3 is 0 Å². The summed E-state index contributed by atoms with van der Waals surface area (Å²) in [5.74, 6) is 0.282. The van der Waals surface area contributed by atoms with Gasteiger partial charge in [-0.3, -0.25) is 9.79 Å². The molecular formula is C26H28FN3O2. The van der Waals surface area contributed by atoms with Crippen molar-refractivity contribution in [3.63, 3.8) is 0 Å². The fourth-order valence-corrected chi connectivity index (χ4v) is 3.63. The van der Waals surface area contributed by atoms with Crippen molar-refractivity contribution in [2.45, 2.75) is 25.1 Å². The number of rotatable bonds is 8. The summed E-state index contributed by atoms with van der Waals surface area (Å²) in [5.41, 5.74) is 6.74. The first-order valence-corrected chi connectivity index (χ1v) is 10.4. The minimum absolute atomic E-state index is 0.0507. The fraction of sp³-hybridized carbons (Fsp3) is 0.231. The zero-order valence-electron chi connectivity index (χ0n) is 18.5. The number of nitrogens with zero attached hydrogens (tertiary/aromatic N) is 1. The SMILES string of the molecule is CN=CC(C1=CC=CCC1(C)F)=C(N)C(=O)C(Nc1cccc(OC)c1)c1ccccc1. The summed E-state index contributed by atoms with van der Waals surface area (Å²) in [7, 11) is 3.14. The van der Waals surface area contributed by atoms with Crippen LogP contribution in [-0.2, 0) is 4.79 Å². The van der Waals surface area contributed by atoms with Crippen LogP contribution >= 0.6 is 0 Å². The molecule has 166 valence electrons. The standard InChI is InChI=1S/C26H28FN3O2/c1-26(27)15-8-7-14-22(26)21(17-29-2)23(28)25(31)24(18-10-5-4-6-11-18)30-19-12-9-13-20(16-19)32-3/h4-14,16-17,24,30H,15,28H2,1-3H3. The lowest BCUT2D eigenvalue weighted by Crippen LogP contribution is -2.31. The van der Waals surface area contributed by atoms with Gasteiger partial charge in [-0.15, -0.1) is 0 Å². The topological polar surface area (TPSA) is 76.7 Å². The maximum Gasteiger partial charge on any atom is 0.205 e. The number of Topliss-reactive ketones (excluding diaryl/α,β-unsaturated/α-hetero) is 1. The van der Waals surface area contributed by atoms with Gasteiger partial charge in [0.15, 0.2) is 0 Å². The highest BCUT2D eigenvalue weighted by Gasteiger charge is 2.34. The molecule has 6 heteroatoms. The van der Waals surface area contributed by atoms with E-state index < -0.39 is 11.7 Å². The predicted octanol–water partition coefficient (Wildman–Crippen LogP) is 4.95. The van der Waals surface area contributed by atoms with Gasteiger partial charge in [0.1, 0.15) is 17.5 Å². The Morgan fingerprint density at radius 3 is 2.66 bits per heavy atom. The van der Waals surface area contributed by atoms with Crippen LogP contribution < -0.4 is 15.8 Å². The number of hydrogen-bond acceptors (Lipinski definition) is 5. The smallest absolute Gasteiger partial charge is 0.205 e. The average Bonchev–Trinajstić information content (AvgIpc) is 2.81. The number of aliphatic imine (C=N–C) groups is 1. The van der Waals surface area contributed by atoms with Gasteiger partial charge in [-0.2, -0.15) is 0 Å². The summed E-state index contributed by atoms with van der Waals surface area (Å²) in [6.45, 7) is 1.48. The molecule has 0 saturated carbocycles. The Morgan fingerprint density at radius 2 is 2.00 bits per heavy atom. The number of carbonyl (C=O) groups excluding carboxylic acids is 1. The lowest BCUT2D eigenvalue weighted by molar-refractivity contribution is -0.116. The lowest BCUT2D eigenvalue weighted by atomic mass is 9.83. The normalized spacial score (nSPS) is 19.8. The van der Waals surface area contributed by atoms with E-state index >= 15 is 4.39 Å². The molecule has 3 N–H and O–H groups in total. The van der Waals surface area contributed by atoms with E-state index in [1.54, 1.807) is 38.5 Å². The molecule has 2 unspecified atom stereocenters. The van der Waals surface area contributed by atoms with E-state index in [1.165, 1.54) is 13.1 Å². The van der Waals surface area contributed by atoms with E-state index in [-0.39, 0.29) is 17.9 Å². The second-order valence-corrected chi connectivity index (χ2v) is 7.71. The molecule has 0 aromatic heterocycles. The number of alkyl halides is 1. The van der Waals surface area contributed by atoms with Gasteiger partial charge < -0.3 is 15.8 Å². The van der Waals surface area contributed by atoms with E-state index in [9.17, 15) is 4.79 Å². The lowest BCUT2D eigenvalue weighted by Gasteiger charge is -2.27. The Labute approximate surface area is 188 Å². The van der Waals surface area contributed by atoms with Crippen LogP contribution in [-0.4, -0.2) is 31.8 Å². The quantitative estimate of drug-likeness (QED) is 0.456. The van der Waals surface area contributed by atoms with Crippen molar-refractivity contribution in [2.75, 3.05) is 19.5 Å². The Balaban J connectivity index is 2.07. The molecule has 0 fully saturated rings. The average molecular weight is 434 g/mol. The molecule has 2 aromatic rings. The van der Waals surface area contributed by atoms with Crippen LogP contribution in [0, 0.1) is 0 Å². The summed E-state index contributed by atoms with van der Waals surface area (Å²) < 4.78 is 20.6. The van der Waals surface area contributed by atoms with Crippen molar-refractivity contribution in [1.82, 2.24) is 0 Å². The molecule has 1 aliphatic rings. The third-order valence-electron chi connectivity index (χ3n) is 5.34. The highest BCUT2D eigenvalue weighted by Crippen LogP contribution is 2.35. The second kappa shape index (κ2) is 10.1. The maximum absolute atomic E-state index is 15.3. The number of ether oxygens (including phenoxy) is 1. The van der Waals surface area contributed by atoms with Crippen molar-refractivity contribution < 1.29 is 13.9 Å². The third kappa shape index (κ3) is 5.14. The molecule has 3 rings (SSSR count). The van der Waals surface area contributed by atoms with E-state index in [1.807, 2.05) is 48.5 Å². The van der Waals surface area contributed by atoms with Crippen LogP contribution in [0.25, 0.3) is 0 Å². The van der Waals surface area contributed by atoms with Gasteiger partial charge in [-0.05, 0) is 30.2 Å². The first-order chi connectivity index (χ1) is 15.4. The van der Waals surface area contributed by atoms with Crippen molar-refractivity contribution in [1.29, 1.82) is 0 Å². The first-order valence-electron chi connectivity index (χ1n) is 10.4. The largest absolute Gasteiger partial charge is 0.497 e. The minimum atomic E-state index is -1.65. The molecule has 0 saturated heterocycles. The summed E-state index contributed by atoms with van der Waals surface area (Å²) >= 11 is 0. The van der Waals surface area contributed by atoms with Crippen molar-refractivity contribution >= 4 is 17.7 Å². The van der Waals surface area contributed by atoms with Crippen LogP contribution in [0.2, 0.25) is 0 Å². The zero-order valence-corrected chi connectivity index (χ0v) is 18.5. The summed E-state index contributed by atoms with van der Waals surface area (Å²) in [6, 6.07) is 15.8. The molecule has 2 atom stereocenters. The monoisotopic (exact) mass is 433 g/mol. The van der Waals surface area contributed by atoms with Crippen LogP contribution in [0.15, 0.2) is 94.7 Å². The Hall–Kier alpha value is -3.67.